The standard InChI is InChI=1S/C13H17ClN2O2/c1-4-12(14)16-18-13(17)15-11-7-5-10(6-8-11)9(2)3/h5-9H,4H2,1-3H3,(H,15,17). The minimum atomic E-state index is -0.654. The third-order valence-corrected chi connectivity index (χ3v) is 2.68. The van der Waals surface area contributed by atoms with Crippen molar-refractivity contribution in [1.29, 1.82) is 0 Å². The number of amides is 1. The first kappa shape index (κ1) is 14.5. The lowest BCUT2D eigenvalue weighted by atomic mass is 10.0. The Balaban J connectivity index is 2.54. The largest absolute Gasteiger partial charge is 0.437 e. The molecule has 18 heavy (non-hydrogen) atoms. The Morgan fingerprint density at radius 2 is 2.00 bits per heavy atom. The minimum absolute atomic E-state index is 0.250. The molecule has 1 amide bonds. The van der Waals surface area contributed by atoms with Crippen molar-refractivity contribution >= 4 is 28.6 Å². The fourth-order valence-corrected chi connectivity index (χ4v) is 1.28. The predicted octanol–water partition coefficient (Wildman–Crippen LogP) is 4.32. The van der Waals surface area contributed by atoms with Crippen LogP contribution in [0.3, 0.4) is 0 Å². The van der Waals surface area contributed by atoms with Gasteiger partial charge in [0, 0.05) is 12.1 Å². The van der Waals surface area contributed by atoms with Gasteiger partial charge in [0.05, 0.1) is 0 Å². The lowest BCUT2D eigenvalue weighted by molar-refractivity contribution is 0.166. The van der Waals surface area contributed by atoms with Crippen molar-refractivity contribution in [3.63, 3.8) is 0 Å². The van der Waals surface area contributed by atoms with Gasteiger partial charge >= 0.3 is 6.09 Å². The van der Waals surface area contributed by atoms with Gasteiger partial charge in [-0.1, -0.05) is 49.7 Å². The van der Waals surface area contributed by atoms with E-state index in [-0.39, 0.29) is 5.17 Å². The molecule has 1 aromatic rings. The molecule has 0 atom stereocenters. The van der Waals surface area contributed by atoms with Crippen LogP contribution in [0, 0.1) is 0 Å². The van der Waals surface area contributed by atoms with E-state index < -0.39 is 6.09 Å². The Kier molecular flexibility index (Phi) is 5.65. The van der Waals surface area contributed by atoms with E-state index in [4.69, 9.17) is 11.6 Å². The summed E-state index contributed by atoms with van der Waals surface area (Å²) in [6.07, 6.45) is -0.128. The summed E-state index contributed by atoms with van der Waals surface area (Å²) in [6.45, 7) is 6.04. The normalized spacial score (nSPS) is 11.5. The highest BCUT2D eigenvalue weighted by Gasteiger charge is 2.04. The molecule has 0 heterocycles. The highest BCUT2D eigenvalue weighted by molar-refractivity contribution is 6.65. The Morgan fingerprint density at radius 3 is 2.50 bits per heavy atom. The average Bonchev–Trinajstić information content (AvgIpc) is 2.36. The van der Waals surface area contributed by atoms with Gasteiger partial charge in [-0.05, 0) is 23.6 Å². The Morgan fingerprint density at radius 1 is 1.39 bits per heavy atom. The number of nitrogens with one attached hydrogen (secondary N) is 1. The third kappa shape index (κ3) is 4.75. The molecule has 1 N–H and O–H groups in total. The van der Waals surface area contributed by atoms with Gasteiger partial charge in [-0.25, -0.2) is 4.79 Å². The van der Waals surface area contributed by atoms with E-state index in [0.717, 1.165) is 0 Å². The Hall–Kier alpha value is -1.55. The van der Waals surface area contributed by atoms with Crippen molar-refractivity contribution in [2.24, 2.45) is 5.16 Å². The first-order valence-electron chi connectivity index (χ1n) is 5.83. The van der Waals surface area contributed by atoms with Crippen LogP contribution in [-0.4, -0.2) is 11.3 Å². The zero-order chi connectivity index (χ0) is 13.5. The van der Waals surface area contributed by atoms with Crippen molar-refractivity contribution in [3.05, 3.63) is 29.8 Å². The van der Waals surface area contributed by atoms with Gasteiger partial charge in [-0.2, -0.15) is 0 Å². The molecule has 0 spiro atoms. The minimum Gasteiger partial charge on any atom is -0.297 e. The van der Waals surface area contributed by atoms with E-state index in [1.54, 1.807) is 0 Å². The number of carbonyl (C=O) groups is 1. The summed E-state index contributed by atoms with van der Waals surface area (Å²) in [6, 6.07) is 7.56. The quantitative estimate of drug-likeness (QED) is 0.502. The third-order valence-electron chi connectivity index (χ3n) is 2.34. The average molecular weight is 269 g/mol. The summed E-state index contributed by atoms with van der Waals surface area (Å²) in [5.41, 5.74) is 1.87. The first-order valence-corrected chi connectivity index (χ1v) is 6.21. The van der Waals surface area contributed by atoms with Gasteiger partial charge in [-0.3, -0.25) is 10.2 Å². The molecule has 0 saturated carbocycles. The zero-order valence-corrected chi connectivity index (χ0v) is 11.5. The second kappa shape index (κ2) is 7.01. The van der Waals surface area contributed by atoms with Crippen molar-refractivity contribution in [3.8, 4) is 0 Å². The fourth-order valence-electron chi connectivity index (χ4n) is 1.25. The van der Waals surface area contributed by atoms with Crippen LogP contribution in [-0.2, 0) is 4.84 Å². The van der Waals surface area contributed by atoms with E-state index in [9.17, 15) is 4.79 Å². The van der Waals surface area contributed by atoms with Gasteiger partial charge in [0.25, 0.3) is 0 Å². The van der Waals surface area contributed by atoms with Crippen LogP contribution >= 0.6 is 11.6 Å². The highest BCUT2D eigenvalue weighted by Crippen LogP contribution is 2.17. The maximum atomic E-state index is 11.4. The number of carbonyl (C=O) groups excluding carboxylic acids is 1. The summed E-state index contributed by atoms with van der Waals surface area (Å²) in [7, 11) is 0. The van der Waals surface area contributed by atoms with Gasteiger partial charge in [-0.15, -0.1) is 0 Å². The summed E-state index contributed by atoms with van der Waals surface area (Å²) in [4.78, 5) is 15.9. The maximum Gasteiger partial charge on any atom is 0.437 e. The van der Waals surface area contributed by atoms with E-state index in [0.29, 0.717) is 18.0 Å². The highest BCUT2D eigenvalue weighted by atomic mass is 35.5. The smallest absolute Gasteiger partial charge is 0.297 e. The molecular weight excluding hydrogens is 252 g/mol. The SMILES string of the molecule is CCC(Cl)=NOC(=O)Nc1ccc(C(C)C)cc1. The van der Waals surface area contributed by atoms with E-state index >= 15 is 0 Å². The number of oxime groups is 1. The number of anilines is 1. The monoisotopic (exact) mass is 268 g/mol. The summed E-state index contributed by atoms with van der Waals surface area (Å²) < 4.78 is 0. The van der Waals surface area contributed by atoms with E-state index in [1.807, 2.05) is 31.2 Å². The summed E-state index contributed by atoms with van der Waals surface area (Å²) in [5, 5.41) is 6.27. The molecule has 0 aliphatic heterocycles. The van der Waals surface area contributed by atoms with Gasteiger partial charge in [0.1, 0.15) is 5.17 Å². The van der Waals surface area contributed by atoms with Crippen LogP contribution in [0.25, 0.3) is 0 Å². The number of benzene rings is 1. The zero-order valence-electron chi connectivity index (χ0n) is 10.7. The van der Waals surface area contributed by atoms with Crippen LogP contribution < -0.4 is 5.32 Å². The van der Waals surface area contributed by atoms with Crippen LogP contribution in [0.5, 0.6) is 0 Å². The first-order chi connectivity index (χ1) is 8.52. The molecule has 5 heteroatoms. The molecule has 0 fully saturated rings. The van der Waals surface area contributed by atoms with Crippen LogP contribution in [0.2, 0.25) is 0 Å². The Bertz CT molecular complexity index is 427. The molecular formula is C13H17ClN2O2. The van der Waals surface area contributed by atoms with Crippen LogP contribution in [0.1, 0.15) is 38.7 Å². The molecule has 0 saturated heterocycles. The number of nitrogens with zero attached hydrogens (tertiary/aromatic N) is 1. The van der Waals surface area contributed by atoms with Crippen molar-refractivity contribution in [1.82, 2.24) is 0 Å². The lowest BCUT2D eigenvalue weighted by Gasteiger charge is -2.07. The molecule has 0 bridgehead atoms. The van der Waals surface area contributed by atoms with Crippen molar-refractivity contribution in [2.75, 3.05) is 5.32 Å². The lowest BCUT2D eigenvalue weighted by Crippen LogP contribution is -2.11. The molecule has 1 aromatic carbocycles. The second-order valence-electron chi connectivity index (χ2n) is 4.10. The van der Waals surface area contributed by atoms with E-state index in [2.05, 4.69) is 29.2 Å². The molecule has 1 rings (SSSR count). The molecule has 0 aromatic heterocycles. The molecule has 0 radical (unpaired) electrons. The number of rotatable bonds is 4. The van der Waals surface area contributed by atoms with Gasteiger partial charge < -0.3 is 0 Å². The van der Waals surface area contributed by atoms with E-state index in [1.165, 1.54) is 5.56 Å². The summed E-state index contributed by atoms with van der Waals surface area (Å²) >= 11 is 5.61. The number of hydrogen-bond donors (Lipinski definition) is 1. The summed E-state index contributed by atoms with van der Waals surface area (Å²) in [5.74, 6) is 0.457. The molecule has 0 aliphatic carbocycles. The van der Waals surface area contributed by atoms with Crippen LogP contribution in [0.15, 0.2) is 29.4 Å². The molecule has 0 aliphatic rings. The molecule has 98 valence electrons. The van der Waals surface area contributed by atoms with Crippen molar-refractivity contribution in [2.45, 2.75) is 33.1 Å². The molecule has 0 unspecified atom stereocenters. The number of halogens is 1. The Labute approximate surface area is 112 Å². The van der Waals surface area contributed by atoms with Gasteiger partial charge in [0.15, 0.2) is 0 Å². The predicted molar refractivity (Wildman–Crippen MR) is 74.2 cm³/mol. The van der Waals surface area contributed by atoms with Crippen LogP contribution in [0.4, 0.5) is 10.5 Å². The second-order valence-corrected chi connectivity index (χ2v) is 4.54. The topological polar surface area (TPSA) is 50.7 Å². The van der Waals surface area contributed by atoms with Gasteiger partial charge in [0.2, 0.25) is 0 Å². The maximum absolute atomic E-state index is 11.4. The molecule has 4 nitrogen and oxygen atoms in total. The fraction of sp³-hybridized carbons (Fsp3) is 0.385. The van der Waals surface area contributed by atoms with Crippen molar-refractivity contribution < 1.29 is 9.63 Å². The number of hydrogen-bond acceptors (Lipinski definition) is 3.